The Balaban J connectivity index is 3.84. The highest BCUT2D eigenvalue weighted by molar-refractivity contribution is 4.58. The van der Waals surface area contributed by atoms with Crippen molar-refractivity contribution >= 4 is 0 Å². The Morgan fingerprint density at radius 3 is 1.16 bits per heavy atom. The molecule has 0 aliphatic rings. The summed E-state index contributed by atoms with van der Waals surface area (Å²) >= 11 is 0. The minimum Gasteiger partial charge on any atom is -0.379 e. The molecule has 0 radical (unpaired) electrons. The first-order valence-corrected chi connectivity index (χ1v) is 20.3. The monoisotopic (exact) mass is 626 g/mol. The number of nitrogens with zero attached hydrogens (tertiary/aromatic N) is 1. The van der Waals surface area contributed by atoms with Gasteiger partial charge in [-0.1, -0.05) is 181 Å². The van der Waals surface area contributed by atoms with E-state index in [1.807, 2.05) is 0 Å². The van der Waals surface area contributed by atoms with Crippen molar-refractivity contribution in [2.24, 2.45) is 5.73 Å². The van der Waals surface area contributed by atoms with Crippen molar-refractivity contribution < 1.29 is 14.0 Å². The molecule has 0 spiro atoms. The third kappa shape index (κ3) is 34.7. The number of hydrogen-bond donors (Lipinski definition) is 1. The van der Waals surface area contributed by atoms with Gasteiger partial charge in [-0.05, 0) is 19.4 Å². The summed E-state index contributed by atoms with van der Waals surface area (Å²) in [4.78, 5) is 0. The van der Waals surface area contributed by atoms with Crippen molar-refractivity contribution in [2.45, 2.75) is 206 Å². The van der Waals surface area contributed by atoms with Gasteiger partial charge in [0, 0.05) is 19.6 Å². The van der Waals surface area contributed by atoms with E-state index in [1.54, 1.807) is 0 Å². The van der Waals surface area contributed by atoms with E-state index >= 15 is 0 Å². The summed E-state index contributed by atoms with van der Waals surface area (Å²) in [5.41, 5.74) is 5.80. The van der Waals surface area contributed by atoms with Gasteiger partial charge in [0.2, 0.25) is 0 Å². The lowest BCUT2D eigenvalue weighted by Gasteiger charge is -2.33. The minimum absolute atomic E-state index is 0.191. The van der Waals surface area contributed by atoms with E-state index in [9.17, 15) is 0 Å². The number of unbranched alkanes of at least 4 members (excludes halogenated alkanes) is 26. The van der Waals surface area contributed by atoms with Crippen LogP contribution < -0.4 is 5.73 Å². The average Bonchev–Trinajstić information content (AvgIpc) is 3.01. The van der Waals surface area contributed by atoms with Crippen LogP contribution in [0.1, 0.15) is 200 Å². The molecule has 0 heterocycles. The molecule has 1 unspecified atom stereocenters. The topological polar surface area (TPSA) is 44.5 Å². The molecule has 0 bridgehead atoms. The number of rotatable bonds is 38. The highest BCUT2D eigenvalue weighted by Gasteiger charge is 2.22. The molecule has 0 aromatic heterocycles. The Hall–Kier alpha value is -0.160. The predicted octanol–water partition coefficient (Wildman–Crippen LogP) is 11.8. The van der Waals surface area contributed by atoms with Crippen LogP contribution >= 0.6 is 0 Å². The first kappa shape index (κ1) is 43.8. The van der Waals surface area contributed by atoms with E-state index in [0.29, 0.717) is 0 Å². The zero-order chi connectivity index (χ0) is 32.2. The Morgan fingerprint density at radius 2 is 0.795 bits per heavy atom. The number of quaternary nitrogens is 1. The zero-order valence-corrected chi connectivity index (χ0v) is 31.2. The number of nitrogens with two attached hydrogens (primary N) is 1. The largest absolute Gasteiger partial charge is 0.379 e. The Bertz CT molecular complexity index is 528. The first-order chi connectivity index (χ1) is 21.6. The van der Waals surface area contributed by atoms with E-state index in [0.717, 1.165) is 50.4 Å². The van der Waals surface area contributed by atoms with Crippen molar-refractivity contribution in [1.82, 2.24) is 0 Å². The molecule has 4 heteroatoms. The predicted molar refractivity (Wildman–Crippen MR) is 197 cm³/mol. The highest BCUT2D eigenvalue weighted by Crippen LogP contribution is 2.15. The van der Waals surface area contributed by atoms with Crippen LogP contribution in [0.4, 0.5) is 0 Å². The lowest BCUT2D eigenvalue weighted by atomic mass is 10.0. The molecule has 0 aliphatic carbocycles. The number of ether oxygens (including phenoxy) is 2. The maximum absolute atomic E-state index is 6.42. The van der Waals surface area contributed by atoms with Crippen LogP contribution in [-0.4, -0.2) is 64.1 Å². The van der Waals surface area contributed by atoms with Crippen LogP contribution in [0.3, 0.4) is 0 Å². The van der Waals surface area contributed by atoms with E-state index in [2.05, 4.69) is 27.9 Å². The fourth-order valence-corrected chi connectivity index (χ4v) is 6.48. The van der Waals surface area contributed by atoms with Crippen molar-refractivity contribution in [3.05, 3.63) is 0 Å². The molecule has 1 atom stereocenters. The lowest BCUT2D eigenvalue weighted by Crippen LogP contribution is -2.48. The summed E-state index contributed by atoms with van der Waals surface area (Å²) < 4.78 is 13.5. The van der Waals surface area contributed by atoms with Gasteiger partial charge in [-0.25, -0.2) is 0 Å². The average molecular weight is 626 g/mol. The summed E-state index contributed by atoms with van der Waals surface area (Å²) in [7, 11) is 4.62. The van der Waals surface area contributed by atoms with Gasteiger partial charge in [-0.2, -0.15) is 0 Å². The van der Waals surface area contributed by atoms with Crippen molar-refractivity contribution in [3.63, 3.8) is 0 Å². The van der Waals surface area contributed by atoms with Crippen LogP contribution in [0.15, 0.2) is 0 Å². The maximum atomic E-state index is 6.42. The van der Waals surface area contributed by atoms with Gasteiger partial charge in [0.05, 0.1) is 27.2 Å². The van der Waals surface area contributed by atoms with Gasteiger partial charge in [-0.3, -0.25) is 0 Å². The first-order valence-electron chi connectivity index (χ1n) is 20.3. The second-order valence-corrected chi connectivity index (χ2v) is 14.7. The molecule has 0 aliphatic heterocycles. The van der Waals surface area contributed by atoms with Gasteiger partial charge in [0.1, 0.15) is 12.6 Å². The molecule has 266 valence electrons. The minimum atomic E-state index is 0.191. The molecular weight excluding hydrogens is 540 g/mol. The van der Waals surface area contributed by atoms with Crippen molar-refractivity contribution in [3.8, 4) is 0 Å². The molecule has 0 aromatic rings. The fraction of sp³-hybridized carbons (Fsp3) is 1.00. The van der Waals surface area contributed by atoms with Gasteiger partial charge in [-0.15, -0.1) is 0 Å². The Morgan fingerprint density at radius 1 is 0.455 bits per heavy atom. The Kier molecular flexibility index (Phi) is 35.6. The summed E-state index contributed by atoms with van der Waals surface area (Å²) in [6.45, 7) is 9.98. The van der Waals surface area contributed by atoms with Crippen LogP contribution in [-0.2, 0) is 9.47 Å². The van der Waals surface area contributed by atoms with Gasteiger partial charge in [0.15, 0.2) is 0 Å². The number of hydrogen-bond acceptors (Lipinski definition) is 3. The molecule has 2 N–H and O–H groups in total. The molecular formula is C40H85N2O2+. The highest BCUT2D eigenvalue weighted by atomic mass is 16.5. The van der Waals surface area contributed by atoms with Crippen molar-refractivity contribution in [1.29, 1.82) is 0 Å². The van der Waals surface area contributed by atoms with E-state index in [-0.39, 0.29) is 6.10 Å². The Labute approximate surface area is 279 Å². The summed E-state index contributed by atoms with van der Waals surface area (Å²) in [6, 6.07) is 0. The van der Waals surface area contributed by atoms with Crippen LogP contribution in [0.25, 0.3) is 0 Å². The summed E-state index contributed by atoms with van der Waals surface area (Å²) in [5, 5.41) is 0. The van der Waals surface area contributed by atoms with Gasteiger partial charge >= 0.3 is 0 Å². The third-order valence-corrected chi connectivity index (χ3v) is 9.46. The van der Waals surface area contributed by atoms with Crippen LogP contribution in [0, 0.1) is 0 Å². The molecule has 44 heavy (non-hydrogen) atoms. The summed E-state index contributed by atoms with van der Waals surface area (Å²) in [6.07, 6.45) is 40.4. The summed E-state index contributed by atoms with van der Waals surface area (Å²) in [5.74, 6) is 0. The van der Waals surface area contributed by atoms with Gasteiger partial charge < -0.3 is 19.7 Å². The molecule has 0 amide bonds. The van der Waals surface area contributed by atoms with E-state index < -0.39 is 0 Å². The third-order valence-electron chi connectivity index (χ3n) is 9.46. The van der Waals surface area contributed by atoms with Crippen LogP contribution in [0.2, 0.25) is 0 Å². The van der Waals surface area contributed by atoms with Crippen LogP contribution in [0.5, 0.6) is 0 Å². The molecule has 0 saturated heterocycles. The second-order valence-electron chi connectivity index (χ2n) is 14.7. The van der Waals surface area contributed by atoms with E-state index in [4.69, 9.17) is 15.2 Å². The lowest BCUT2D eigenvalue weighted by molar-refractivity contribution is -0.893. The number of likely N-dealkylation sites (N-methyl/N-ethyl adjacent to an activating group) is 1. The maximum Gasteiger partial charge on any atom is 0.130 e. The SMILES string of the molecule is CCCCCCCCCCCCCCCCOCC(C[N+](C)(C)CCCN)OCCCCCCCCCCCCCCCC. The van der Waals surface area contributed by atoms with Gasteiger partial charge in [0.25, 0.3) is 0 Å². The quantitative estimate of drug-likeness (QED) is 0.0548. The standard InChI is InChI=1S/C40H85N2O2/c1-5-7-9-11-13-15-17-19-21-23-25-27-29-31-36-43-39-40(38-42(3,4)35-33-34-41)44-37-32-30-28-26-24-22-20-18-16-14-12-10-8-6-2/h40H,5-39,41H2,1-4H3/q+1. The molecule has 4 nitrogen and oxygen atoms in total. The van der Waals surface area contributed by atoms with E-state index in [1.165, 1.54) is 180 Å². The molecule has 0 saturated carbocycles. The molecule has 0 rings (SSSR count). The van der Waals surface area contributed by atoms with Crippen molar-refractivity contribution in [2.75, 3.05) is 53.6 Å². The normalized spacial score (nSPS) is 12.8. The molecule has 0 fully saturated rings. The smallest absolute Gasteiger partial charge is 0.130 e. The molecule has 0 aromatic carbocycles. The fourth-order valence-electron chi connectivity index (χ4n) is 6.48. The second kappa shape index (κ2) is 35.7. The zero-order valence-electron chi connectivity index (χ0n) is 31.2.